The molecule has 1 aromatic heterocycles. The van der Waals surface area contributed by atoms with Crippen molar-refractivity contribution in [2.24, 2.45) is 5.16 Å². The Labute approximate surface area is 147 Å². The second-order valence-corrected chi connectivity index (χ2v) is 5.77. The highest BCUT2D eigenvalue weighted by molar-refractivity contribution is 9.09. The van der Waals surface area contributed by atoms with Gasteiger partial charge in [0.15, 0.2) is 0 Å². The standard InChI is InChI=1S/C17H18BrNO5/c1-4-8-22-16-12-5-6-13(20)10(2)15(12)24-17(21)14(16)11(3)19-23-9-7-18/h4-6,20H,1,7-9H2,2-3H3/b19-11+. The van der Waals surface area contributed by atoms with Crippen molar-refractivity contribution < 1.29 is 19.1 Å². The largest absolute Gasteiger partial charge is 0.508 e. The molecule has 0 radical (unpaired) electrons. The van der Waals surface area contributed by atoms with Gasteiger partial charge < -0.3 is 19.1 Å². The Morgan fingerprint density at radius 1 is 1.50 bits per heavy atom. The van der Waals surface area contributed by atoms with E-state index in [0.29, 0.717) is 34.3 Å². The third-order valence-electron chi connectivity index (χ3n) is 3.33. The van der Waals surface area contributed by atoms with E-state index in [1.165, 1.54) is 6.07 Å². The summed E-state index contributed by atoms with van der Waals surface area (Å²) in [6.07, 6.45) is 1.57. The molecule has 0 saturated carbocycles. The minimum atomic E-state index is -0.612. The van der Waals surface area contributed by atoms with Crippen LogP contribution in [0.5, 0.6) is 11.5 Å². The summed E-state index contributed by atoms with van der Waals surface area (Å²) in [6.45, 7) is 7.50. The molecular formula is C17H18BrNO5. The molecule has 0 unspecified atom stereocenters. The number of hydrogen-bond donors (Lipinski definition) is 1. The molecule has 0 saturated heterocycles. The molecule has 0 spiro atoms. The van der Waals surface area contributed by atoms with Gasteiger partial charge in [-0.2, -0.15) is 0 Å². The van der Waals surface area contributed by atoms with E-state index in [-0.39, 0.29) is 23.5 Å². The van der Waals surface area contributed by atoms with Crippen LogP contribution in [0.2, 0.25) is 0 Å². The number of alkyl halides is 1. The normalized spacial score (nSPS) is 11.5. The lowest BCUT2D eigenvalue weighted by Crippen LogP contribution is -2.16. The molecule has 0 atom stereocenters. The quantitative estimate of drug-likeness (QED) is 0.194. The van der Waals surface area contributed by atoms with Gasteiger partial charge in [-0.1, -0.05) is 33.7 Å². The van der Waals surface area contributed by atoms with Crippen molar-refractivity contribution in [3.8, 4) is 11.5 Å². The van der Waals surface area contributed by atoms with Crippen LogP contribution in [0.3, 0.4) is 0 Å². The molecule has 1 aromatic carbocycles. The average Bonchev–Trinajstić information content (AvgIpc) is 2.56. The van der Waals surface area contributed by atoms with Crippen LogP contribution in [0.15, 0.2) is 39.2 Å². The summed E-state index contributed by atoms with van der Waals surface area (Å²) in [4.78, 5) is 17.6. The Morgan fingerprint density at radius 2 is 2.25 bits per heavy atom. The molecule has 6 nitrogen and oxygen atoms in total. The van der Waals surface area contributed by atoms with E-state index in [1.54, 1.807) is 26.0 Å². The van der Waals surface area contributed by atoms with E-state index in [1.807, 2.05) is 0 Å². The highest BCUT2D eigenvalue weighted by atomic mass is 79.9. The van der Waals surface area contributed by atoms with Crippen molar-refractivity contribution in [1.29, 1.82) is 0 Å². The zero-order valence-electron chi connectivity index (χ0n) is 13.5. The molecule has 0 bridgehead atoms. The number of phenols is 1. The number of halogens is 1. The lowest BCUT2D eigenvalue weighted by Gasteiger charge is -2.13. The van der Waals surface area contributed by atoms with Crippen LogP contribution < -0.4 is 10.4 Å². The predicted molar refractivity (Wildman–Crippen MR) is 96.5 cm³/mol. The van der Waals surface area contributed by atoms with Crippen molar-refractivity contribution in [2.75, 3.05) is 18.5 Å². The zero-order chi connectivity index (χ0) is 17.7. The summed E-state index contributed by atoms with van der Waals surface area (Å²) in [7, 11) is 0. The predicted octanol–water partition coefficient (Wildman–Crippen LogP) is 3.51. The van der Waals surface area contributed by atoms with Crippen LogP contribution in [0.25, 0.3) is 11.0 Å². The monoisotopic (exact) mass is 395 g/mol. The van der Waals surface area contributed by atoms with Crippen LogP contribution in [-0.4, -0.2) is 29.4 Å². The fourth-order valence-electron chi connectivity index (χ4n) is 2.19. The maximum atomic E-state index is 12.5. The van der Waals surface area contributed by atoms with Crippen LogP contribution in [-0.2, 0) is 4.84 Å². The number of benzene rings is 1. The number of nitrogens with zero attached hydrogens (tertiary/aromatic N) is 1. The van der Waals surface area contributed by atoms with Crippen LogP contribution >= 0.6 is 15.9 Å². The minimum Gasteiger partial charge on any atom is -0.508 e. The van der Waals surface area contributed by atoms with E-state index in [2.05, 4.69) is 27.7 Å². The number of rotatable bonds is 7. The first-order valence-electron chi connectivity index (χ1n) is 7.27. The number of hydrogen-bond acceptors (Lipinski definition) is 6. The summed E-state index contributed by atoms with van der Waals surface area (Å²) in [5.41, 5.74) is 0.654. The highest BCUT2D eigenvalue weighted by Gasteiger charge is 2.21. The zero-order valence-corrected chi connectivity index (χ0v) is 15.1. The van der Waals surface area contributed by atoms with E-state index in [9.17, 15) is 9.90 Å². The van der Waals surface area contributed by atoms with Crippen molar-refractivity contribution in [2.45, 2.75) is 13.8 Å². The molecule has 0 aliphatic carbocycles. The van der Waals surface area contributed by atoms with Gasteiger partial charge in [0.05, 0.1) is 11.1 Å². The number of aromatic hydroxyl groups is 1. The summed E-state index contributed by atoms with van der Waals surface area (Å²) in [5, 5.41) is 14.9. The first-order chi connectivity index (χ1) is 11.5. The molecule has 2 rings (SSSR count). The maximum absolute atomic E-state index is 12.5. The molecule has 1 N–H and O–H groups in total. The van der Waals surface area contributed by atoms with Crippen molar-refractivity contribution in [3.05, 3.63) is 46.3 Å². The summed E-state index contributed by atoms with van der Waals surface area (Å²) < 4.78 is 11.1. The van der Waals surface area contributed by atoms with E-state index < -0.39 is 5.63 Å². The fraction of sp³-hybridized carbons (Fsp3) is 0.294. The van der Waals surface area contributed by atoms with Gasteiger partial charge in [-0.25, -0.2) is 4.79 Å². The molecule has 128 valence electrons. The second kappa shape index (κ2) is 8.01. The van der Waals surface area contributed by atoms with Gasteiger partial charge in [0, 0.05) is 10.9 Å². The summed E-state index contributed by atoms with van der Waals surface area (Å²) in [5.74, 6) is 0.368. The van der Waals surface area contributed by atoms with Crippen molar-refractivity contribution >= 4 is 32.6 Å². The van der Waals surface area contributed by atoms with Crippen LogP contribution in [0.4, 0.5) is 0 Å². The van der Waals surface area contributed by atoms with Gasteiger partial charge in [0.25, 0.3) is 0 Å². The molecule has 2 aromatic rings. The van der Waals surface area contributed by atoms with Crippen LogP contribution in [0, 0.1) is 6.92 Å². The summed E-state index contributed by atoms with van der Waals surface area (Å²) >= 11 is 3.23. The average molecular weight is 396 g/mol. The van der Waals surface area contributed by atoms with Gasteiger partial charge in [-0.3, -0.25) is 0 Å². The SMILES string of the molecule is C=CCOc1c(/C(C)=N/OCCBr)c(=O)oc2c(C)c(O)ccc12. The number of ether oxygens (including phenoxy) is 1. The molecule has 0 aliphatic rings. The maximum Gasteiger partial charge on any atom is 0.349 e. The lowest BCUT2D eigenvalue weighted by molar-refractivity contribution is 0.162. The number of fused-ring (bicyclic) bond motifs is 1. The second-order valence-electron chi connectivity index (χ2n) is 4.98. The Morgan fingerprint density at radius 3 is 2.92 bits per heavy atom. The minimum absolute atomic E-state index is 0.0408. The Hall–Kier alpha value is -2.28. The van der Waals surface area contributed by atoms with E-state index >= 15 is 0 Å². The number of phenolic OH excluding ortho intramolecular Hbond substituents is 1. The number of oxime groups is 1. The van der Waals surface area contributed by atoms with Gasteiger partial charge in [-0.05, 0) is 26.0 Å². The molecule has 24 heavy (non-hydrogen) atoms. The Bertz CT molecular complexity index is 841. The van der Waals surface area contributed by atoms with Crippen molar-refractivity contribution in [3.63, 3.8) is 0 Å². The number of aryl methyl sites for hydroxylation is 1. The molecule has 1 heterocycles. The smallest absolute Gasteiger partial charge is 0.349 e. The molecule has 7 heteroatoms. The Kier molecular flexibility index (Phi) is 6.03. The summed E-state index contributed by atoms with van der Waals surface area (Å²) in [6, 6.07) is 3.16. The molecule has 0 aliphatic heterocycles. The van der Waals surface area contributed by atoms with Gasteiger partial charge in [0.2, 0.25) is 0 Å². The fourth-order valence-corrected chi connectivity index (χ4v) is 2.33. The molecular weight excluding hydrogens is 378 g/mol. The lowest BCUT2D eigenvalue weighted by atomic mass is 10.1. The van der Waals surface area contributed by atoms with Gasteiger partial charge in [0.1, 0.15) is 35.9 Å². The van der Waals surface area contributed by atoms with Gasteiger partial charge >= 0.3 is 5.63 Å². The Balaban J connectivity index is 2.71. The first kappa shape index (κ1) is 18.1. The van der Waals surface area contributed by atoms with Crippen molar-refractivity contribution in [1.82, 2.24) is 0 Å². The third-order valence-corrected chi connectivity index (χ3v) is 3.65. The molecule has 0 amide bonds. The van der Waals surface area contributed by atoms with E-state index in [4.69, 9.17) is 14.0 Å². The van der Waals surface area contributed by atoms with Crippen LogP contribution in [0.1, 0.15) is 18.1 Å². The molecule has 0 fully saturated rings. The van der Waals surface area contributed by atoms with Gasteiger partial charge in [-0.15, -0.1) is 0 Å². The first-order valence-corrected chi connectivity index (χ1v) is 8.39. The topological polar surface area (TPSA) is 81.3 Å². The third kappa shape index (κ3) is 3.62. The highest BCUT2D eigenvalue weighted by Crippen LogP contribution is 2.33. The van der Waals surface area contributed by atoms with E-state index in [0.717, 1.165) is 0 Å².